The normalized spacial score (nSPS) is 17.1. The summed E-state index contributed by atoms with van der Waals surface area (Å²) in [6, 6.07) is 0.365. The molecule has 0 aromatic carbocycles. The van der Waals surface area contributed by atoms with E-state index < -0.39 is 0 Å². The molecule has 1 saturated heterocycles. The lowest BCUT2D eigenvalue weighted by atomic mass is 10.1. The first kappa shape index (κ1) is 15.0. The summed E-state index contributed by atoms with van der Waals surface area (Å²) in [5, 5.41) is 3.51. The average Bonchev–Trinajstić information content (AvgIpc) is 2.93. The minimum absolute atomic E-state index is 0.365. The number of aromatic nitrogens is 2. The predicted octanol–water partition coefficient (Wildman–Crippen LogP) is 1.61. The Balaban J connectivity index is 2.03. The second-order valence-electron chi connectivity index (χ2n) is 5.50. The molecule has 1 atom stereocenters. The van der Waals surface area contributed by atoms with Gasteiger partial charge in [-0.05, 0) is 39.3 Å². The van der Waals surface area contributed by atoms with Gasteiger partial charge in [0, 0.05) is 18.2 Å². The molecule has 0 radical (unpaired) electrons. The number of nitrogen functional groups attached to an aromatic ring is 1. The molecule has 4 N–H and O–H groups in total. The molecule has 112 valence electrons. The van der Waals surface area contributed by atoms with Gasteiger partial charge in [-0.25, -0.2) is 15.8 Å². The summed E-state index contributed by atoms with van der Waals surface area (Å²) in [7, 11) is 0. The Morgan fingerprint density at radius 2 is 2.00 bits per heavy atom. The molecule has 1 fully saturated rings. The lowest BCUT2D eigenvalue weighted by Crippen LogP contribution is -2.33. The number of hydrazine groups is 1. The molecule has 2 rings (SSSR count). The van der Waals surface area contributed by atoms with Crippen LogP contribution in [0.4, 0.5) is 11.6 Å². The smallest absolute Gasteiger partial charge is 0.148 e. The van der Waals surface area contributed by atoms with Crippen LogP contribution in [0.25, 0.3) is 0 Å². The number of rotatable bonds is 7. The first-order chi connectivity index (χ1) is 9.74. The maximum atomic E-state index is 5.54. The fourth-order valence-electron chi connectivity index (χ4n) is 2.78. The van der Waals surface area contributed by atoms with Gasteiger partial charge in [-0.2, -0.15) is 0 Å². The van der Waals surface area contributed by atoms with Crippen LogP contribution < -0.4 is 16.6 Å². The minimum Gasteiger partial charge on any atom is -0.366 e. The fraction of sp³-hybridized carbons (Fsp3) is 0.714. The van der Waals surface area contributed by atoms with Crippen molar-refractivity contribution in [3.8, 4) is 0 Å². The van der Waals surface area contributed by atoms with Gasteiger partial charge >= 0.3 is 0 Å². The van der Waals surface area contributed by atoms with E-state index in [0.29, 0.717) is 6.04 Å². The number of anilines is 2. The number of likely N-dealkylation sites (tertiary alicyclic amines) is 1. The third kappa shape index (κ3) is 3.80. The van der Waals surface area contributed by atoms with Crippen molar-refractivity contribution < 1.29 is 0 Å². The summed E-state index contributed by atoms with van der Waals surface area (Å²) in [5.41, 5.74) is 3.74. The molecule has 0 spiro atoms. The zero-order chi connectivity index (χ0) is 14.4. The van der Waals surface area contributed by atoms with Gasteiger partial charge < -0.3 is 15.6 Å². The standard InChI is InChI=1S/C14H26N6/c1-3-6-12-13(16-10-17-14(12)19-15)18-11(2)9-20-7-4-5-8-20/h10-11H,3-9,15H2,1-2H3,(H2,16,17,18,19). The zero-order valence-corrected chi connectivity index (χ0v) is 12.5. The number of hydrogen-bond donors (Lipinski definition) is 3. The molecule has 0 aliphatic carbocycles. The molecule has 6 nitrogen and oxygen atoms in total. The molecule has 0 amide bonds. The van der Waals surface area contributed by atoms with Crippen LogP contribution in [0.15, 0.2) is 6.33 Å². The molecule has 20 heavy (non-hydrogen) atoms. The van der Waals surface area contributed by atoms with Crippen LogP contribution in [-0.2, 0) is 6.42 Å². The molecule has 6 heteroatoms. The highest BCUT2D eigenvalue weighted by atomic mass is 15.3. The number of nitrogens with one attached hydrogen (secondary N) is 2. The van der Waals surface area contributed by atoms with E-state index in [0.717, 1.165) is 36.6 Å². The van der Waals surface area contributed by atoms with Gasteiger partial charge in [-0.1, -0.05) is 13.3 Å². The molecule has 1 aliphatic heterocycles. The molecule has 1 aromatic rings. The van der Waals surface area contributed by atoms with Crippen LogP contribution in [0.5, 0.6) is 0 Å². The monoisotopic (exact) mass is 278 g/mol. The Morgan fingerprint density at radius 3 is 2.65 bits per heavy atom. The van der Waals surface area contributed by atoms with Crippen molar-refractivity contribution in [2.45, 2.75) is 45.6 Å². The van der Waals surface area contributed by atoms with Gasteiger partial charge in [0.2, 0.25) is 0 Å². The highest BCUT2D eigenvalue weighted by Crippen LogP contribution is 2.21. The van der Waals surface area contributed by atoms with Crippen LogP contribution >= 0.6 is 0 Å². The second-order valence-corrected chi connectivity index (χ2v) is 5.50. The van der Waals surface area contributed by atoms with Crippen molar-refractivity contribution in [2.75, 3.05) is 30.4 Å². The van der Waals surface area contributed by atoms with Crippen molar-refractivity contribution in [1.82, 2.24) is 14.9 Å². The van der Waals surface area contributed by atoms with Gasteiger partial charge in [0.1, 0.15) is 18.0 Å². The third-order valence-corrected chi connectivity index (χ3v) is 3.70. The zero-order valence-electron chi connectivity index (χ0n) is 12.5. The molecule has 1 aromatic heterocycles. The van der Waals surface area contributed by atoms with Crippen molar-refractivity contribution >= 4 is 11.6 Å². The summed E-state index contributed by atoms with van der Waals surface area (Å²) in [4.78, 5) is 11.1. The van der Waals surface area contributed by atoms with Crippen molar-refractivity contribution in [3.63, 3.8) is 0 Å². The molecule has 0 saturated carbocycles. The molecular weight excluding hydrogens is 252 g/mol. The third-order valence-electron chi connectivity index (χ3n) is 3.70. The number of nitrogens with two attached hydrogens (primary N) is 1. The van der Waals surface area contributed by atoms with Gasteiger partial charge in [-0.3, -0.25) is 0 Å². The molecule has 2 heterocycles. The Hall–Kier alpha value is -1.40. The number of nitrogens with zero attached hydrogens (tertiary/aromatic N) is 3. The Labute approximate surface area is 121 Å². The Bertz CT molecular complexity index is 416. The minimum atomic E-state index is 0.365. The fourth-order valence-corrected chi connectivity index (χ4v) is 2.78. The summed E-state index contributed by atoms with van der Waals surface area (Å²) in [6.07, 6.45) is 6.15. The largest absolute Gasteiger partial charge is 0.366 e. The van der Waals surface area contributed by atoms with Gasteiger partial charge in [0.25, 0.3) is 0 Å². The summed E-state index contributed by atoms with van der Waals surface area (Å²) in [6.45, 7) is 7.83. The lowest BCUT2D eigenvalue weighted by molar-refractivity contribution is 0.327. The highest BCUT2D eigenvalue weighted by Gasteiger charge is 2.16. The molecule has 1 aliphatic rings. The van der Waals surface area contributed by atoms with Crippen LogP contribution in [-0.4, -0.2) is 40.5 Å². The van der Waals surface area contributed by atoms with Crippen molar-refractivity contribution in [3.05, 3.63) is 11.9 Å². The summed E-state index contributed by atoms with van der Waals surface area (Å²) < 4.78 is 0. The van der Waals surface area contributed by atoms with Gasteiger partial charge in [-0.15, -0.1) is 0 Å². The quantitative estimate of drug-likeness (QED) is 0.519. The van der Waals surface area contributed by atoms with E-state index in [1.807, 2.05) is 0 Å². The first-order valence-electron chi connectivity index (χ1n) is 7.54. The van der Waals surface area contributed by atoms with Gasteiger partial charge in [0.15, 0.2) is 0 Å². The second kappa shape index (κ2) is 7.40. The van der Waals surface area contributed by atoms with Crippen LogP contribution in [0.1, 0.15) is 38.7 Å². The maximum Gasteiger partial charge on any atom is 0.148 e. The SMILES string of the molecule is CCCc1c(NN)ncnc1NC(C)CN1CCCC1. The average molecular weight is 278 g/mol. The van der Waals surface area contributed by atoms with E-state index in [2.05, 4.69) is 39.5 Å². The maximum absolute atomic E-state index is 5.54. The molecule has 0 bridgehead atoms. The Kier molecular flexibility index (Phi) is 5.55. The van der Waals surface area contributed by atoms with Crippen LogP contribution in [0, 0.1) is 0 Å². The van der Waals surface area contributed by atoms with E-state index in [-0.39, 0.29) is 0 Å². The molecular formula is C14H26N6. The van der Waals surface area contributed by atoms with Crippen LogP contribution in [0.3, 0.4) is 0 Å². The molecule has 1 unspecified atom stereocenters. The summed E-state index contributed by atoms with van der Waals surface area (Å²) in [5.74, 6) is 7.16. The van der Waals surface area contributed by atoms with Crippen LogP contribution in [0.2, 0.25) is 0 Å². The number of hydrogen-bond acceptors (Lipinski definition) is 6. The van der Waals surface area contributed by atoms with Crippen molar-refractivity contribution in [2.24, 2.45) is 5.84 Å². The first-order valence-corrected chi connectivity index (χ1v) is 7.54. The van der Waals surface area contributed by atoms with E-state index >= 15 is 0 Å². The van der Waals surface area contributed by atoms with E-state index in [1.165, 1.54) is 25.9 Å². The van der Waals surface area contributed by atoms with E-state index in [1.54, 1.807) is 6.33 Å². The van der Waals surface area contributed by atoms with Gasteiger partial charge in [0.05, 0.1) is 0 Å². The highest BCUT2D eigenvalue weighted by molar-refractivity contribution is 5.57. The topological polar surface area (TPSA) is 79.1 Å². The Morgan fingerprint density at radius 1 is 1.30 bits per heavy atom. The predicted molar refractivity (Wildman–Crippen MR) is 82.6 cm³/mol. The van der Waals surface area contributed by atoms with Crippen molar-refractivity contribution in [1.29, 1.82) is 0 Å². The van der Waals surface area contributed by atoms with E-state index in [9.17, 15) is 0 Å². The van der Waals surface area contributed by atoms with E-state index in [4.69, 9.17) is 5.84 Å². The lowest BCUT2D eigenvalue weighted by Gasteiger charge is -2.23. The summed E-state index contributed by atoms with van der Waals surface area (Å²) >= 11 is 0.